The van der Waals surface area contributed by atoms with Gasteiger partial charge in [0.1, 0.15) is 0 Å². The summed E-state index contributed by atoms with van der Waals surface area (Å²) >= 11 is 7.18. The van der Waals surface area contributed by atoms with Crippen molar-refractivity contribution in [3.05, 3.63) is 69.8 Å². The molecule has 0 heterocycles. The first kappa shape index (κ1) is 12.4. The lowest BCUT2D eigenvalue weighted by Crippen LogP contribution is -2.09. The predicted molar refractivity (Wildman–Crippen MR) is 83.8 cm³/mol. The number of alkyl halides is 2. The molecule has 0 nitrogen and oxygen atoms in total. The van der Waals surface area contributed by atoms with Crippen LogP contribution in [0.15, 0.2) is 36.4 Å². The van der Waals surface area contributed by atoms with Gasteiger partial charge in [-0.25, -0.2) is 0 Å². The van der Waals surface area contributed by atoms with Gasteiger partial charge in [-0.05, 0) is 46.2 Å². The third-order valence-electron chi connectivity index (χ3n) is 3.69. The van der Waals surface area contributed by atoms with Crippen molar-refractivity contribution in [1.29, 1.82) is 0 Å². The highest BCUT2D eigenvalue weighted by molar-refractivity contribution is 9.09. The zero-order valence-electron chi connectivity index (χ0n) is 10.0. The minimum atomic E-state index is 0.933. The SMILES string of the molecule is BrCc1cc2c(cc1CBr)Cc1ccccc1C2. The van der Waals surface area contributed by atoms with Crippen LogP contribution in [0.4, 0.5) is 0 Å². The molecular formula is C16H14Br2. The Bertz CT molecular complexity index is 536. The fourth-order valence-corrected chi connectivity index (χ4v) is 3.73. The standard InChI is InChI=1S/C16H14Br2/c17-9-15-7-13-5-11-3-1-2-4-12(11)6-14(13)8-16(15)10-18/h1-4,7-8H,5-6,9-10H2. The van der Waals surface area contributed by atoms with Crippen molar-refractivity contribution in [2.45, 2.75) is 23.5 Å². The molecule has 0 fully saturated rings. The van der Waals surface area contributed by atoms with Gasteiger partial charge in [0, 0.05) is 10.7 Å². The molecular weight excluding hydrogens is 352 g/mol. The van der Waals surface area contributed by atoms with Crippen LogP contribution in [0.25, 0.3) is 0 Å². The van der Waals surface area contributed by atoms with E-state index in [1.807, 2.05) is 0 Å². The highest BCUT2D eigenvalue weighted by Crippen LogP contribution is 2.30. The molecule has 0 saturated heterocycles. The van der Waals surface area contributed by atoms with Gasteiger partial charge in [-0.1, -0.05) is 68.3 Å². The van der Waals surface area contributed by atoms with Crippen molar-refractivity contribution < 1.29 is 0 Å². The molecule has 2 aromatic rings. The molecule has 0 aromatic heterocycles. The van der Waals surface area contributed by atoms with E-state index in [0.29, 0.717) is 0 Å². The lowest BCUT2D eigenvalue weighted by Gasteiger charge is -2.21. The quantitative estimate of drug-likeness (QED) is 0.562. The average Bonchev–Trinajstić information content (AvgIpc) is 2.43. The van der Waals surface area contributed by atoms with Crippen LogP contribution in [0.1, 0.15) is 33.4 Å². The molecule has 0 aliphatic heterocycles. The Labute approximate surface area is 125 Å². The summed E-state index contributed by atoms with van der Waals surface area (Å²) in [6, 6.07) is 13.5. The second kappa shape index (κ2) is 5.18. The number of rotatable bonds is 2. The molecule has 3 rings (SSSR count). The Balaban J connectivity index is 2.07. The maximum atomic E-state index is 3.59. The lowest BCUT2D eigenvalue weighted by molar-refractivity contribution is 0.989. The van der Waals surface area contributed by atoms with E-state index in [9.17, 15) is 0 Å². The number of benzene rings is 2. The van der Waals surface area contributed by atoms with Gasteiger partial charge in [-0.3, -0.25) is 0 Å². The second-order valence-corrected chi connectivity index (χ2v) is 5.90. The van der Waals surface area contributed by atoms with Crippen LogP contribution in [0.5, 0.6) is 0 Å². The molecule has 1 aliphatic carbocycles. The summed E-state index contributed by atoms with van der Waals surface area (Å²) < 4.78 is 0. The Hall–Kier alpha value is -0.600. The fraction of sp³-hybridized carbons (Fsp3) is 0.250. The van der Waals surface area contributed by atoms with Crippen molar-refractivity contribution in [3.63, 3.8) is 0 Å². The van der Waals surface area contributed by atoms with Crippen LogP contribution in [0.3, 0.4) is 0 Å². The molecule has 0 atom stereocenters. The molecule has 0 N–H and O–H groups in total. The zero-order chi connectivity index (χ0) is 12.5. The Kier molecular flexibility index (Phi) is 3.58. The molecule has 0 unspecified atom stereocenters. The normalized spacial score (nSPS) is 13.0. The van der Waals surface area contributed by atoms with Crippen molar-refractivity contribution in [3.8, 4) is 0 Å². The second-order valence-electron chi connectivity index (χ2n) is 4.78. The molecule has 1 aliphatic rings. The number of fused-ring (bicyclic) bond motifs is 2. The summed E-state index contributed by atoms with van der Waals surface area (Å²) in [4.78, 5) is 0. The van der Waals surface area contributed by atoms with E-state index in [2.05, 4.69) is 68.3 Å². The first-order valence-electron chi connectivity index (χ1n) is 6.14. The van der Waals surface area contributed by atoms with Gasteiger partial charge < -0.3 is 0 Å². The smallest absolute Gasteiger partial charge is 0.0286 e. The molecule has 18 heavy (non-hydrogen) atoms. The third-order valence-corrected chi connectivity index (χ3v) is 4.90. The third kappa shape index (κ3) is 2.17. The molecule has 0 amide bonds. The van der Waals surface area contributed by atoms with Crippen molar-refractivity contribution in [1.82, 2.24) is 0 Å². The Morgan fingerprint density at radius 3 is 1.56 bits per heavy atom. The minimum absolute atomic E-state index is 0.933. The average molecular weight is 366 g/mol. The summed E-state index contributed by atoms with van der Waals surface area (Å²) in [6.45, 7) is 0. The van der Waals surface area contributed by atoms with E-state index in [0.717, 1.165) is 23.5 Å². The van der Waals surface area contributed by atoms with Gasteiger partial charge in [-0.15, -0.1) is 0 Å². The Morgan fingerprint density at radius 1 is 0.722 bits per heavy atom. The van der Waals surface area contributed by atoms with Crippen molar-refractivity contribution >= 4 is 31.9 Å². The topological polar surface area (TPSA) is 0 Å². The lowest BCUT2D eigenvalue weighted by atomic mass is 9.84. The van der Waals surface area contributed by atoms with E-state index in [1.165, 1.54) is 33.4 Å². The van der Waals surface area contributed by atoms with Crippen LogP contribution in [-0.4, -0.2) is 0 Å². The van der Waals surface area contributed by atoms with Crippen LogP contribution in [0.2, 0.25) is 0 Å². The molecule has 2 heteroatoms. The molecule has 92 valence electrons. The first-order valence-corrected chi connectivity index (χ1v) is 8.38. The molecule has 0 bridgehead atoms. The van der Waals surface area contributed by atoms with E-state index in [-0.39, 0.29) is 0 Å². The molecule has 0 radical (unpaired) electrons. The molecule has 2 aromatic carbocycles. The van der Waals surface area contributed by atoms with Crippen LogP contribution >= 0.6 is 31.9 Å². The summed E-state index contributed by atoms with van der Waals surface area (Å²) in [6.07, 6.45) is 2.15. The van der Waals surface area contributed by atoms with E-state index >= 15 is 0 Å². The van der Waals surface area contributed by atoms with Gasteiger partial charge in [0.25, 0.3) is 0 Å². The van der Waals surface area contributed by atoms with Crippen LogP contribution < -0.4 is 0 Å². The molecule has 0 saturated carbocycles. The van der Waals surface area contributed by atoms with Gasteiger partial charge in [0.05, 0.1) is 0 Å². The summed E-state index contributed by atoms with van der Waals surface area (Å²) in [5.74, 6) is 0. The predicted octanol–water partition coefficient (Wildman–Crippen LogP) is 4.97. The largest absolute Gasteiger partial charge is 0.0876 e. The number of hydrogen-bond acceptors (Lipinski definition) is 0. The Morgan fingerprint density at radius 2 is 1.17 bits per heavy atom. The van der Waals surface area contributed by atoms with Crippen molar-refractivity contribution in [2.75, 3.05) is 0 Å². The van der Waals surface area contributed by atoms with E-state index in [1.54, 1.807) is 0 Å². The van der Waals surface area contributed by atoms with E-state index < -0.39 is 0 Å². The molecule has 0 spiro atoms. The first-order chi connectivity index (χ1) is 8.81. The van der Waals surface area contributed by atoms with Crippen molar-refractivity contribution in [2.24, 2.45) is 0 Å². The number of hydrogen-bond donors (Lipinski definition) is 0. The van der Waals surface area contributed by atoms with Crippen LogP contribution in [0, 0.1) is 0 Å². The summed E-state index contributed by atoms with van der Waals surface area (Å²) in [7, 11) is 0. The minimum Gasteiger partial charge on any atom is -0.0876 e. The maximum absolute atomic E-state index is 3.59. The van der Waals surface area contributed by atoms with Gasteiger partial charge >= 0.3 is 0 Å². The van der Waals surface area contributed by atoms with Gasteiger partial charge in [0.2, 0.25) is 0 Å². The summed E-state index contributed by atoms with van der Waals surface area (Å²) in [5.41, 5.74) is 8.77. The highest BCUT2D eigenvalue weighted by Gasteiger charge is 2.16. The van der Waals surface area contributed by atoms with Gasteiger partial charge in [0.15, 0.2) is 0 Å². The fourth-order valence-electron chi connectivity index (χ4n) is 2.68. The summed E-state index contributed by atoms with van der Waals surface area (Å²) in [5, 5.41) is 1.87. The van der Waals surface area contributed by atoms with Crippen LogP contribution in [-0.2, 0) is 23.5 Å². The van der Waals surface area contributed by atoms with Gasteiger partial charge in [-0.2, -0.15) is 0 Å². The maximum Gasteiger partial charge on any atom is 0.0286 e. The highest BCUT2D eigenvalue weighted by atomic mass is 79.9. The zero-order valence-corrected chi connectivity index (χ0v) is 13.2. The monoisotopic (exact) mass is 364 g/mol. The van der Waals surface area contributed by atoms with E-state index in [4.69, 9.17) is 0 Å². The number of halogens is 2.